The van der Waals surface area contributed by atoms with Crippen molar-refractivity contribution in [1.29, 1.82) is 0 Å². The summed E-state index contributed by atoms with van der Waals surface area (Å²) in [5.41, 5.74) is 3.46. The van der Waals surface area contributed by atoms with Crippen molar-refractivity contribution in [3.05, 3.63) is 60.8 Å². The zero-order valence-electron chi connectivity index (χ0n) is 16.9. The van der Waals surface area contributed by atoms with Crippen LogP contribution in [0.15, 0.2) is 60.1 Å². The molecule has 1 fully saturated rings. The van der Waals surface area contributed by atoms with Gasteiger partial charge >= 0.3 is 6.18 Å². The summed E-state index contributed by atoms with van der Waals surface area (Å²) < 4.78 is 65.6. The Bertz CT molecular complexity index is 1210. The van der Waals surface area contributed by atoms with E-state index in [1.165, 1.54) is 30.5 Å². The van der Waals surface area contributed by atoms with E-state index in [1.54, 1.807) is 0 Å². The molecule has 0 spiro atoms. The number of alkyl halides is 3. The van der Waals surface area contributed by atoms with Crippen LogP contribution in [0.5, 0.6) is 0 Å². The molecule has 2 heterocycles. The summed E-state index contributed by atoms with van der Waals surface area (Å²) in [6.07, 6.45) is -0.0845. The minimum absolute atomic E-state index is 0.304. The van der Waals surface area contributed by atoms with Crippen LogP contribution in [0.25, 0.3) is 22.3 Å². The van der Waals surface area contributed by atoms with E-state index >= 15 is 0 Å². The molecular weight excluding hydrogens is 427 g/mol. The number of hydrogen-bond acceptors (Lipinski definition) is 3. The first-order chi connectivity index (χ1) is 14.6. The highest BCUT2D eigenvalue weighted by Crippen LogP contribution is 2.41. The quantitative estimate of drug-likeness (QED) is 0.502. The predicted molar refractivity (Wildman–Crippen MR) is 113 cm³/mol. The number of hydrogen-bond donors (Lipinski definition) is 1. The third-order valence-electron chi connectivity index (χ3n) is 5.53. The van der Waals surface area contributed by atoms with E-state index in [0.717, 1.165) is 30.1 Å². The fourth-order valence-corrected chi connectivity index (χ4v) is 5.07. The second kappa shape index (κ2) is 7.80. The van der Waals surface area contributed by atoms with E-state index in [9.17, 15) is 21.6 Å². The lowest BCUT2D eigenvalue weighted by Crippen LogP contribution is -2.46. The molecule has 9 heteroatoms. The normalized spacial score (nSPS) is 16.0. The minimum Gasteiger partial charge on any atom is -0.353 e. The van der Waals surface area contributed by atoms with Crippen molar-refractivity contribution < 1.29 is 21.6 Å². The Balaban J connectivity index is 1.63. The summed E-state index contributed by atoms with van der Waals surface area (Å²) in [6, 6.07) is 8.75. The molecule has 31 heavy (non-hydrogen) atoms. The number of aromatic nitrogens is 2. The van der Waals surface area contributed by atoms with Crippen molar-refractivity contribution in [2.24, 2.45) is 0 Å². The number of pyridine rings is 1. The van der Waals surface area contributed by atoms with Crippen LogP contribution < -0.4 is 0 Å². The zero-order valence-corrected chi connectivity index (χ0v) is 17.7. The Morgan fingerprint density at radius 3 is 2.58 bits per heavy atom. The second-order valence-electron chi connectivity index (χ2n) is 7.76. The molecule has 3 aromatic rings. The predicted octanol–water partition coefficient (Wildman–Crippen LogP) is 5.23. The van der Waals surface area contributed by atoms with E-state index in [2.05, 4.69) is 28.7 Å². The fourth-order valence-electron chi connectivity index (χ4n) is 3.54. The summed E-state index contributed by atoms with van der Waals surface area (Å²) in [4.78, 5) is 7.19. The van der Waals surface area contributed by atoms with Gasteiger partial charge in [-0.25, -0.2) is 8.42 Å². The largest absolute Gasteiger partial charge is 0.404 e. The molecule has 0 amide bonds. The summed E-state index contributed by atoms with van der Waals surface area (Å²) in [5.74, 6) is 0.622. The Hall–Kier alpha value is -2.65. The lowest BCUT2D eigenvalue weighted by molar-refractivity contribution is -0.165. The Morgan fingerprint density at radius 2 is 2.00 bits per heavy atom. The summed E-state index contributed by atoms with van der Waals surface area (Å²) in [5, 5.41) is 1.01. The number of fused-ring (bicyclic) bond motifs is 1. The van der Waals surface area contributed by atoms with Gasteiger partial charge in [-0.2, -0.15) is 17.5 Å². The maximum atomic E-state index is 13.2. The van der Waals surface area contributed by atoms with Gasteiger partial charge in [0, 0.05) is 23.6 Å². The molecule has 1 unspecified atom stereocenters. The van der Waals surface area contributed by atoms with Gasteiger partial charge in [-0.1, -0.05) is 18.2 Å². The van der Waals surface area contributed by atoms with E-state index in [-0.39, 0.29) is 4.90 Å². The molecule has 4 rings (SSSR count). The minimum atomic E-state index is -4.70. The van der Waals surface area contributed by atoms with Crippen molar-refractivity contribution in [2.45, 2.75) is 42.8 Å². The van der Waals surface area contributed by atoms with Crippen molar-refractivity contribution in [3.63, 3.8) is 0 Å². The summed E-state index contributed by atoms with van der Waals surface area (Å²) in [7, 11) is -4.41. The van der Waals surface area contributed by atoms with Crippen LogP contribution in [0.1, 0.15) is 31.2 Å². The first-order valence-electron chi connectivity index (χ1n) is 9.90. The lowest BCUT2D eigenvalue weighted by Gasteiger charge is -2.28. The van der Waals surface area contributed by atoms with Gasteiger partial charge < -0.3 is 4.98 Å². The van der Waals surface area contributed by atoms with Crippen molar-refractivity contribution in [3.8, 4) is 11.4 Å². The molecule has 2 aromatic heterocycles. The molecule has 1 aliphatic rings. The average Bonchev–Trinajstić information content (AvgIpc) is 3.49. The van der Waals surface area contributed by atoms with Crippen LogP contribution in [0, 0.1) is 0 Å². The molecule has 0 saturated heterocycles. The van der Waals surface area contributed by atoms with Gasteiger partial charge in [-0.05, 0) is 55.5 Å². The van der Waals surface area contributed by atoms with Gasteiger partial charge in [0.25, 0.3) is 0 Å². The van der Waals surface area contributed by atoms with E-state index in [0.29, 0.717) is 21.6 Å². The Morgan fingerprint density at radius 1 is 1.26 bits per heavy atom. The topological polar surface area (TPSA) is 66.1 Å². The molecule has 1 aliphatic carbocycles. The number of rotatable bonds is 7. The monoisotopic (exact) mass is 449 g/mol. The molecule has 1 atom stereocenters. The van der Waals surface area contributed by atoms with Crippen LogP contribution >= 0.6 is 0 Å². The number of aromatic amines is 1. The van der Waals surface area contributed by atoms with Gasteiger partial charge in [0.1, 0.15) is 10.9 Å². The molecule has 0 radical (unpaired) electrons. The van der Waals surface area contributed by atoms with Crippen molar-refractivity contribution in [2.75, 3.05) is 6.54 Å². The highest BCUT2D eigenvalue weighted by Gasteiger charge is 2.44. The van der Waals surface area contributed by atoms with Crippen molar-refractivity contribution >= 4 is 20.9 Å². The number of halogens is 3. The van der Waals surface area contributed by atoms with Crippen LogP contribution in [0.2, 0.25) is 0 Å². The second-order valence-corrected chi connectivity index (χ2v) is 9.65. The molecule has 5 nitrogen and oxygen atoms in total. The van der Waals surface area contributed by atoms with Crippen LogP contribution in [0.3, 0.4) is 0 Å². The van der Waals surface area contributed by atoms with E-state index < -0.39 is 28.8 Å². The molecule has 0 bridgehead atoms. The number of sulfonamides is 1. The average molecular weight is 449 g/mol. The van der Waals surface area contributed by atoms with Gasteiger partial charge in [0.05, 0.1) is 11.4 Å². The maximum Gasteiger partial charge on any atom is 0.404 e. The lowest BCUT2D eigenvalue weighted by atomic mass is 10.1. The fraction of sp³-hybridized carbons (Fsp3) is 0.318. The van der Waals surface area contributed by atoms with E-state index in [1.807, 2.05) is 12.1 Å². The van der Waals surface area contributed by atoms with Gasteiger partial charge in [0.2, 0.25) is 10.0 Å². The summed E-state index contributed by atoms with van der Waals surface area (Å²) in [6.45, 7) is 3.72. The SMILES string of the molecule is C=CCN(C(C)C(F)(F)F)S(=O)(=O)c1ccc(-c2cc3ccc(C4CC4)cc3[nH]2)nc1. The molecule has 1 N–H and O–H groups in total. The van der Waals surface area contributed by atoms with Gasteiger partial charge in [-0.15, -0.1) is 6.58 Å². The van der Waals surface area contributed by atoms with Crippen LogP contribution in [0.4, 0.5) is 13.2 Å². The molecule has 164 valence electrons. The van der Waals surface area contributed by atoms with Crippen LogP contribution in [-0.2, 0) is 10.0 Å². The number of benzene rings is 1. The third-order valence-corrected chi connectivity index (χ3v) is 7.45. The molecular formula is C22H22F3N3O2S. The number of H-pyrrole nitrogens is 1. The Labute approximate surface area is 178 Å². The number of nitrogens with zero attached hydrogens (tertiary/aromatic N) is 2. The first kappa shape index (κ1) is 21.6. The van der Waals surface area contributed by atoms with Gasteiger partial charge in [0.15, 0.2) is 0 Å². The number of nitrogens with one attached hydrogen (secondary N) is 1. The maximum absolute atomic E-state index is 13.2. The zero-order chi connectivity index (χ0) is 22.4. The standard InChI is InChI=1S/C22H22F3N3O2S/c1-3-10-28(14(2)22(23,24)25)31(29,30)18-8-9-19(26-13-18)21-12-17-7-6-16(15-4-5-15)11-20(17)27-21/h3,6-9,11-15,27H,1,4-5,10H2,2H3. The third kappa shape index (κ3) is 4.24. The Kier molecular flexibility index (Phi) is 5.43. The van der Waals surface area contributed by atoms with E-state index in [4.69, 9.17) is 0 Å². The smallest absolute Gasteiger partial charge is 0.353 e. The highest BCUT2D eigenvalue weighted by atomic mass is 32.2. The molecule has 1 aromatic carbocycles. The van der Waals surface area contributed by atoms with Gasteiger partial charge in [-0.3, -0.25) is 4.98 Å². The highest BCUT2D eigenvalue weighted by molar-refractivity contribution is 7.89. The molecule has 1 saturated carbocycles. The van der Waals surface area contributed by atoms with Crippen LogP contribution in [-0.4, -0.2) is 41.5 Å². The summed E-state index contributed by atoms with van der Waals surface area (Å²) >= 11 is 0. The first-order valence-corrected chi connectivity index (χ1v) is 11.3. The molecule has 0 aliphatic heterocycles. The van der Waals surface area contributed by atoms with Crippen molar-refractivity contribution in [1.82, 2.24) is 14.3 Å².